The number of rotatable bonds is 3. The zero-order valence-electron chi connectivity index (χ0n) is 12.5. The van der Waals surface area contributed by atoms with Gasteiger partial charge in [0.1, 0.15) is 6.10 Å². The van der Waals surface area contributed by atoms with Gasteiger partial charge < -0.3 is 14.0 Å². The first-order valence-electron chi connectivity index (χ1n) is 7.22. The largest absolute Gasteiger partial charge is 0.516 e. The van der Waals surface area contributed by atoms with Crippen LogP contribution in [0, 0.1) is 0 Å². The molecule has 2 aliphatic rings. The van der Waals surface area contributed by atoms with Gasteiger partial charge in [0, 0.05) is 6.20 Å². The highest BCUT2D eigenvalue weighted by atomic mass is 16.7. The molecule has 2 heterocycles. The minimum Gasteiger partial charge on any atom is -0.473 e. The van der Waals surface area contributed by atoms with E-state index in [1.54, 1.807) is 12.4 Å². The first-order chi connectivity index (χ1) is 9.37. The Morgan fingerprint density at radius 3 is 2.20 bits per heavy atom. The van der Waals surface area contributed by atoms with E-state index in [1.165, 1.54) is 6.42 Å². The van der Waals surface area contributed by atoms with Crippen molar-refractivity contribution in [3.63, 3.8) is 0 Å². The van der Waals surface area contributed by atoms with Gasteiger partial charge in [-0.25, -0.2) is 4.98 Å². The van der Waals surface area contributed by atoms with E-state index in [9.17, 15) is 0 Å². The zero-order chi connectivity index (χ0) is 14.4. The molecule has 0 unspecified atom stereocenters. The van der Waals surface area contributed by atoms with E-state index in [4.69, 9.17) is 14.0 Å². The van der Waals surface area contributed by atoms with Gasteiger partial charge >= 0.3 is 7.12 Å². The van der Waals surface area contributed by atoms with E-state index in [0.717, 1.165) is 12.8 Å². The van der Waals surface area contributed by atoms with Gasteiger partial charge in [-0.05, 0) is 47.0 Å². The van der Waals surface area contributed by atoms with Crippen LogP contribution in [0.1, 0.15) is 47.0 Å². The predicted molar refractivity (Wildman–Crippen MR) is 76.0 cm³/mol. The monoisotopic (exact) mass is 276 g/mol. The smallest absolute Gasteiger partial charge is 0.473 e. The fraction of sp³-hybridized carbons (Fsp3) is 0.714. The minimum atomic E-state index is -0.467. The highest BCUT2D eigenvalue weighted by molar-refractivity contribution is 6.61. The minimum absolute atomic E-state index is 0.312. The Labute approximate surface area is 120 Å². The lowest BCUT2D eigenvalue weighted by Crippen LogP contribution is -2.41. The van der Waals surface area contributed by atoms with Crippen molar-refractivity contribution >= 4 is 12.7 Å². The Bertz CT molecular complexity index is 470. The summed E-state index contributed by atoms with van der Waals surface area (Å²) in [6.07, 6.45) is 7.10. The fourth-order valence-corrected chi connectivity index (χ4v) is 2.13. The van der Waals surface area contributed by atoms with Crippen LogP contribution in [0.2, 0.25) is 0 Å². The fourth-order valence-electron chi connectivity index (χ4n) is 2.13. The molecule has 1 aliphatic carbocycles. The van der Waals surface area contributed by atoms with Crippen molar-refractivity contribution in [1.29, 1.82) is 0 Å². The number of hydrogen-bond acceptors (Lipinski definition) is 5. The third-order valence-electron chi connectivity index (χ3n) is 4.48. The lowest BCUT2D eigenvalue weighted by molar-refractivity contribution is 0.00578. The summed E-state index contributed by atoms with van der Waals surface area (Å²) in [5.74, 6) is 0.579. The molecule has 0 bridgehead atoms. The van der Waals surface area contributed by atoms with Gasteiger partial charge in [0.25, 0.3) is 0 Å². The lowest BCUT2D eigenvalue weighted by Gasteiger charge is -2.32. The predicted octanol–water partition coefficient (Wildman–Crippen LogP) is 1.71. The molecule has 1 saturated carbocycles. The maximum absolute atomic E-state index is 5.94. The third-order valence-corrected chi connectivity index (χ3v) is 4.48. The maximum Gasteiger partial charge on any atom is 0.516 e. The van der Waals surface area contributed by atoms with Crippen molar-refractivity contribution in [2.45, 2.75) is 64.3 Å². The van der Waals surface area contributed by atoms with Crippen LogP contribution in [-0.2, 0) is 9.31 Å². The summed E-state index contributed by atoms with van der Waals surface area (Å²) in [5, 5.41) is 0. The molecule has 0 spiro atoms. The van der Waals surface area contributed by atoms with Crippen LogP contribution in [0.4, 0.5) is 0 Å². The Hall–Kier alpha value is -1.14. The second-order valence-corrected chi connectivity index (χ2v) is 6.54. The normalized spacial score (nSPS) is 24.5. The first kappa shape index (κ1) is 13.8. The summed E-state index contributed by atoms with van der Waals surface area (Å²) < 4.78 is 17.6. The van der Waals surface area contributed by atoms with E-state index in [-0.39, 0.29) is 11.2 Å². The van der Waals surface area contributed by atoms with Gasteiger partial charge in [-0.2, -0.15) is 0 Å². The second kappa shape index (κ2) is 4.70. The third kappa shape index (κ3) is 2.42. The zero-order valence-corrected chi connectivity index (χ0v) is 12.5. The van der Waals surface area contributed by atoms with Crippen LogP contribution in [0.25, 0.3) is 0 Å². The summed E-state index contributed by atoms with van der Waals surface area (Å²) in [7, 11) is -0.467. The summed E-state index contributed by atoms with van der Waals surface area (Å²) in [6.45, 7) is 8.09. The molecule has 20 heavy (non-hydrogen) atoms. The molecule has 0 atom stereocenters. The average Bonchev–Trinajstić information content (AvgIpc) is 2.54. The molecular formula is C14H21BN2O3. The molecular weight excluding hydrogens is 255 g/mol. The number of nitrogens with zero attached hydrogens (tertiary/aromatic N) is 2. The van der Waals surface area contributed by atoms with E-state index < -0.39 is 7.12 Å². The number of ether oxygens (including phenoxy) is 1. The van der Waals surface area contributed by atoms with Crippen molar-refractivity contribution in [2.24, 2.45) is 0 Å². The molecule has 3 rings (SSSR count). The Morgan fingerprint density at radius 1 is 1.10 bits per heavy atom. The SMILES string of the molecule is CC1(C)OB(c2cnc(OC3CCC3)cn2)OC1(C)C. The van der Waals surface area contributed by atoms with E-state index in [2.05, 4.69) is 9.97 Å². The van der Waals surface area contributed by atoms with Crippen LogP contribution in [0.15, 0.2) is 12.4 Å². The lowest BCUT2D eigenvalue weighted by atomic mass is 9.85. The van der Waals surface area contributed by atoms with Crippen LogP contribution < -0.4 is 10.3 Å². The standard InChI is InChI=1S/C14H21BN2O3/c1-13(2)14(3,4)20-15(19-13)11-8-17-12(9-16-11)18-10-6-5-7-10/h8-10H,5-7H2,1-4H3. The Kier molecular flexibility index (Phi) is 3.25. The molecule has 0 aromatic carbocycles. The van der Waals surface area contributed by atoms with Gasteiger partial charge in [0.15, 0.2) is 0 Å². The van der Waals surface area contributed by atoms with Crippen molar-refractivity contribution in [3.8, 4) is 5.88 Å². The van der Waals surface area contributed by atoms with Crippen LogP contribution >= 0.6 is 0 Å². The summed E-state index contributed by atoms with van der Waals surface area (Å²) >= 11 is 0. The number of hydrogen-bond donors (Lipinski definition) is 0. The van der Waals surface area contributed by atoms with Gasteiger partial charge in [0.2, 0.25) is 5.88 Å². The highest BCUT2D eigenvalue weighted by Crippen LogP contribution is 2.36. The molecule has 0 amide bonds. The van der Waals surface area contributed by atoms with E-state index in [1.807, 2.05) is 27.7 Å². The van der Waals surface area contributed by atoms with Crippen molar-refractivity contribution in [1.82, 2.24) is 9.97 Å². The Morgan fingerprint density at radius 2 is 1.75 bits per heavy atom. The highest BCUT2D eigenvalue weighted by Gasteiger charge is 2.52. The number of aromatic nitrogens is 2. The molecule has 2 fully saturated rings. The van der Waals surface area contributed by atoms with Crippen LogP contribution in [0.3, 0.4) is 0 Å². The maximum atomic E-state index is 5.94. The molecule has 1 saturated heterocycles. The molecule has 6 heteroatoms. The van der Waals surface area contributed by atoms with Gasteiger partial charge in [-0.1, -0.05) is 0 Å². The van der Waals surface area contributed by atoms with Crippen molar-refractivity contribution in [2.75, 3.05) is 0 Å². The molecule has 1 aromatic heterocycles. The summed E-state index contributed by atoms with van der Waals surface area (Å²) in [4.78, 5) is 8.66. The average molecular weight is 276 g/mol. The van der Waals surface area contributed by atoms with E-state index in [0.29, 0.717) is 17.6 Å². The Balaban J connectivity index is 1.69. The summed E-state index contributed by atoms with van der Waals surface area (Å²) in [5.41, 5.74) is -0.0365. The van der Waals surface area contributed by atoms with Gasteiger partial charge in [0.05, 0.1) is 23.0 Å². The molecule has 1 aromatic rings. The topological polar surface area (TPSA) is 53.5 Å². The van der Waals surface area contributed by atoms with Gasteiger partial charge in [-0.3, -0.25) is 4.98 Å². The van der Waals surface area contributed by atoms with E-state index >= 15 is 0 Å². The summed E-state index contributed by atoms with van der Waals surface area (Å²) in [6, 6.07) is 0. The molecule has 0 N–H and O–H groups in total. The van der Waals surface area contributed by atoms with Gasteiger partial charge in [-0.15, -0.1) is 0 Å². The molecule has 108 valence electrons. The van der Waals surface area contributed by atoms with Crippen molar-refractivity contribution in [3.05, 3.63) is 12.4 Å². The molecule has 0 radical (unpaired) electrons. The molecule has 5 nitrogen and oxygen atoms in total. The second-order valence-electron chi connectivity index (χ2n) is 6.54. The van der Waals surface area contributed by atoms with Crippen LogP contribution in [-0.4, -0.2) is 34.4 Å². The first-order valence-corrected chi connectivity index (χ1v) is 7.22. The van der Waals surface area contributed by atoms with Crippen LogP contribution in [0.5, 0.6) is 5.88 Å². The van der Waals surface area contributed by atoms with Crippen molar-refractivity contribution < 1.29 is 14.0 Å². The quantitative estimate of drug-likeness (QED) is 0.787. The molecule has 1 aliphatic heterocycles.